The fraction of sp³-hybridized carbons (Fsp3) is 0.913. The van der Waals surface area contributed by atoms with Crippen molar-refractivity contribution < 1.29 is 19.1 Å². The standard InChI is InChI=1S/C23H44O4/c1-4-7-8-9-10-11-12-13-14-15-16-17-18-19-20-27-23(25)21(5-2)22(24)26-6-3/h21H,4-20H2,1-3H3. The van der Waals surface area contributed by atoms with Crippen molar-refractivity contribution in [2.24, 2.45) is 5.92 Å². The molecule has 0 spiro atoms. The van der Waals surface area contributed by atoms with Gasteiger partial charge in [-0.2, -0.15) is 0 Å². The summed E-state index contributed by atoms with van der Waals surface area (Å²) in [6, 6.07) is 0. The first-order chi connectivity index (χ1) is 13.2. The summed E-state index contributed by atoms with van der Waals surface area (Å²) < 4.78 is 10.1. The number of rotatable bonds is 19. The SMILES string of the molecule is CCCCCCCCCCCCCCCCOC(=O)C(CC)C(=O)OCC. The maximum absolute atomic E-state index is 11.9. The first-order valence-corrected chi connectivity index (χ1v) is 11.5. The normalized spacial score (nSPS) is 12.0. The van der Waals surface area contributed by atoms with Crippen LogP contribution in [0.15, 0.2) is 0 Å². The van der Waals surface area contributed by atoms with Crippen molar-refractivity contribution in [1.82, 2.24) is 0 Å². The first-order valence-electron chi connectivity index (χ1n) is 11.5. The van der Waals surface area contributed by atoms with E-state index in [4.69, 9.17) is 9.47 Å². The zero-order valence-electron chi connectivity index (χ0n) is 18.2. The molecule has 0 aromatic heterocycles. The lowest BCUT2D eigenvalue weighted by Crippen LogP contribution is -2.27. The van der Waals surface area contributed by atoms with Crippen molar-refractivity contribution in [2.75, 3.05) is 13.2 Å². The molecule has 1 atom stereocenters. The summed E-state index contributed by atoms with van der Waals surface area (Å²) in [5.74, 6) is -1.67. The topological polar surface area (TPSA) is 52.6 Å². The summed E-state index contributed by atoms with van der Waals surface area (Å²) in [4.78, 5) is 23.6. The summed E-state index contributed by atoms with van der Waals surface area (Å²) in [6.07, 6.45) is 18.6. The van der Waals surface area contributed by atoms with Crippen LogP contribution in [-0.2, 0) is 19.1 Å². The molecule has 0 aliphatic rings. The van der Waals surface area contributed by atoms with Gasteiger partial charge in [-0.15, -0.1) is 0 Å². The molecule has 1 unspecified atom stereocenters. The number of esters is 2. The van der Waals surface area contributed by atoms with Gasteiger partial charge in [0, 0.05) is 0 Å². The molecule has 0 aromatic carbocycles. The quantitative estimate of drug-likeness (QED) is 0.143. The summed E-state index contributed by atoms with van der Waals surface area (Å²) in [6.45, 7) is 6.51. The molecule has 0 N–H and O–H groups in total. The van der Waals surface area contributed by atoms with E-state index in [0.29, 0.717) is 19.6 Å². The van der Waals surface area contributed by atoms with Gasteiger partial charge in [0.2, 0.25) is 0 Å². The zero-order valence-corrected chi connectivity index (χ0v) is 18.2. The lowest BCUT2D eigenvalue weighted by atomic mass is 10.0. The first kappa shape index (κ1) is 25.9. The summed E-state index contributed by atoms with van der Waals surface area (Å²) >= 11 is 0. The second-order valence-corrected chi connectivity index (χ2v) is 7.48. The van der Waals surface area contributed by atoms with Gasteiger partial charge in [-0.3, -0.25) is 9.59 Å². The van der Waals surface area contributed by atoms with E-state index in [-0.39, 0.29) is 0 Å². The van der Waals surface area contributed by atoms with Gasteiger partial charge in [0.05, 0.1) is 13.2 Å². The molecular weight excluding hydrogens is 340 g/mol. The molecule has 0 bridgehead atoms. The highest BCUT2D eigenvalue weighted by atomic mass is 16.6. The van der Waals surface area contributed by atoms with E-state index in [2.05, 4.69) is 6.92 Å². The van der Waals surface area contributed by atoms with Crippen LogP contribution < -0.4 is 0 Å². The van der Waals surface area contributed by atoms with Crippen LogP contribution >= 0.6 is 0 Å². The molecule has 0 fully saturated rings. The van der Waals surface area contributed by atoms with E-state index in [1.807, 2.05) is 0 Å². The van der Waals surface area contributed by atoms with Crippen LogP contribution in [0.5, 0.6) is 0 Å². The Hall–Kier alpha value is -1.06. The molecule has 0 saturated heterocycles. The molecule has 0 heterocycles. The monoisotopic (exact) mass is 384 g/mol. The Labute approximate surface area is 167 Å². The van der Waals surface area contributed by atoms with E-state index >= 15 is 0 Å². The molecule has 4 heteroatoms. The third-order valence-corrected chi connectivity index (χ3v) is 5.01. The maximum atomic E-state index is 11.9. The fourth-order valence-corrected chi connectivity index (χ4v) is 3.24. The zero-order chi connectivity index (χ0) is 20.2. The van der Waals surface area contributed by atoms with Crippen molar-refractivity contribution in [3.63, 3.8) is 0 Å². The Morgan fingerprint density at radius 2 is 1.00 bits per heavy atom. The molecule has 0 aliphatic carbocycles. The van der Waals surface area contributed by atoms with Crippen molar-refractivity contribution in [3.05, 3.63) is 0 Å². The molecule has 27 heavy (non-hydrogen) atoms. The van der Waals surface area contributed by atoms with Crippen molar-refractivity contribution >= 4 is 11.9 Å². The van der Waals surface area contributed by atoms with Gasteiger partial charge in [-0.05, 0) is 19.8 Å². The summed E-state index contributed by atoms with van der Waals surface area (Å²) in [7, 11) is 0. The highest BCUT2D eigenvalue weighted by molar-refractivity contribution is 5.94. The highest BCUT2D eigenvalue weighted by Crippen LogP contribution is 2.13. The third kappa shape index (κ3) is 15.7. The smallest absolute Gasteiger partial charge is 0.320 e. The molecule has 0 saturated carbocycles. The Morgan fingerprint density at radius 3 is 1.41 bits per heavy atom. The van der Waals surface area contributed by atoms with Crippen LogP contribution in [-0.4, -0.2) is 25.2 Å². The lowest BCUT2D eigenvalue weighted by molar-refractivity contribution is -0.162. The number of carbonyl (C=O) groups excluding carboxylic acids is 2. The molecule has 0 aliphatic heterocycles. The van der Waals surface area contributed by atoms with Crippen LogP contribution in [0.4, 0.5) is 0 Å². The van der Waals surface area contributed by atoms with Crippen molar-refractivity contribution in [2.45, 2.75) is 117 Å². The molecule has 0 aromatic rings. The molecular formula is C23H44O4. The van der Waals surface area contributed by atoms with E-state index < -0.39 is 17.9 Å². The average molecular weight is 385 g/mol. The van der Waals surface area contributed by atoms with Gasteiger partial charge in [0.25, 0.3) is 0 Å². The minimum Gasteiger partial charge on any atom is -0.465 e. The van der Waals surface area contributed by atoms with Gasteiger partial charge in [-0.25, -0.2) is 0 Å². The second kappa shape index (κ2) is 19.7. The lowest BCUT2D eigenvalue weighted by Gasteiger charge is -2.12. The number of hydrogen-bond donors (Lipinski definition) is 0. The van der Waals surface area contributed by atoms with Gasteiger partial charge in [0.15, 0.2) is 5.92 Å². The van der Waals surface area contributed by atoms with E-state index in [0.717, 1.165) is 12.8 Å². The third-order valence-electron chi connectivity index (χ3n) is 5.01. The Kier molecular flexibility index (Phi) is 18.9. The largest absolute Gasteiger partial charge is 0.465 e. The predicted octanol–water partition coefficient (Wildman–Crippen LogP) is 6.60. The van der Waals surface area contributed by atoms with Crippen LogP contribution in [0.2, 0.25) is 0 Å². The molecule has 160 valence electrons. The van der Waals surface area contributed by atoms with Gasteiger partial charge in [-0.1, -0.05) is 97.3 Å². The average Bonchev–Trinajstić information content (AvgIpc) is 2.65. The van der Waals surface area contributed by atoms with E-state index in [1.165, 1.54) is 77.0 Å². The van der Waals surface area contributed by atoms with Crippen LogP contribution in [0.1, 0.15) is 117 Å². The molecule has 4 nitrogen and oxygen atoms in total. The minimum absolute atomic E-state index is 0.293. The Bertz CT molecular complexity index is 354. The molecule has 0 radical (unpaired) electrons. The maximum Gasteiger partial charge on any atom is 0.320 e. The highest BCUT2D eigenvalue weighted by Gasteiger charge is 2.27. The predicted molar refractivity (Wildman–Crippen MR) is 112 cm³/mol. The van der Waals surface area contributed by atoms with E-state index in [1.54, 1.807) is 13.8 Å². The second-order valence-electron chi connectivity index (χ2n) is 7.48. The van der Waals surface area contributed by atoms with Crippen molar-refractivity contribution in [3.8, 4) is 0 Å². The molecule has 0 rings (SSSR count). The number of carbonyl (C=O) groups is 2. The summed E-state index contributed by atoms with van der Waals surface area (Å²) in [5, 5.41) is 0. The Morgan fingerprint density at radius 1 is 0.593 bits per heavy atom. The molecule has 0 amide bonds. The number of ether oxygens (including phenoxy) is 2. The number of unbranched alkanes of at least 4 members (excludes halogenated alkanes) is 13. The van der Waals surface area contributed by atoms with Crippen LogP contribution in [0, 0.1) is 5.92 Å². The van der Waals surface area contributed by atoms with Crippen LogP contribution in [0.3, 0.4) is 0 Å². The van der Waals surface area contributed by atoms with E-state index in [9.17, 15) is 9.59 Å². The van der Waals surface area contributed by atoms with Gasteiger partial charge in [0.1, 0.15) is 0 Å². The van der Waals surface area contributed by atoms with Crippen molar-refractivity contribution in [1.29, 1.82) is 0 Å². The van der Waals surface area contributed by atoms with Crippen LogP contribution in [0.25, 0.3) is 0 Å². The van der Waals surface area contributed by atoms with Gasteiger partial charge < -0.3 is 9.47 Å². The Balaban J connectivity index is 3.39. The summed E-state index contributed by atoms with van der Waals surface area (Å²) in [5.41, 5.74) is 0. The number of hydrogen-bond acceptors (Lipinski definition) is 4. The minimum atomic E-state index is -0.767. The van der Waals surface area contributed by atoms with Gasteiger partial charge >= 0.3 is 11.9 Å². The fourth-order valence-electron chi connectivity index (χ4n) is 3.24.